The predicted octanol–water partition coefficient (Wildman–Crippen LogP) is 3.48. The Morgan fingerprint density at radius 2 is 2.04 bits per heavy atom. The Morgan fingerprint density at radius 3 is 2.74 bits per heavy atom. The number of nitrogens with one attached hydrogen (secondary N) is 1. The van der Waals surface area contributed by atoms with Crippen LogP contribution in [-0.2, 0) is 4.79 Å². The Morgan fingerprint density at radius 1 is 1.26 bits per heavy atom. The van der Waals surface area contributed by atoms with E-state index < -0.39 is 5.97 Å². The van der Waals surface area contributed by atoms with Gasteiger partial charge in [0.1, 0.15) is 12.1 Å². The fourth-order valence-electron chi connectivity index (χ4n) is 3.00. The number of imidazole rings is 1. The normalized spacial score (nSPS) is 16.3. The van der Waals surface area contributed by atoms with Crippen molar-refractivity contribution in [1.29, 1.82) is 0 Å². The Bertz CT molecular complexity index is 1030. The van der Waals surface area contributed by atoms with Gasteiger partial charge in [-0.2, -0.15) is 0 Å². The second-order valence-electron chi connectivity index (χ2n) is 5.99. The minimum absolute atomic E-state index is 0.171. The van der Waals surface area contributed by atoms with Gasteiger partial charge in [-0.05, 0) is 35.9 Å². The number of aromatic nitrogens is 2. The third-order valence-electron chi connectivity index (χ3n) is 4.24. The predicted molar refractivity (Wildman–Crippen MR) is 99.9 cm³/mol. The molecule has 0 saturated heterocycles. The van der Waals surface area contributed by atoms with E-state index in [9.17, 15) is 14.0 Å². The van der Waals surface area contributed by atoms with E-state index in [4.69, 9.17) is 5.11 Å². The van der Waals surface area contributed by atoms with Gasteiger partial charge in [0, 0.05) is 5.69 Å². The van der Waals surface area contributed by atoms with E-state index >= 15 is 0 Å². The molecule has 136 valence electrons. The summed E-state index contributed by atoms with van der Waals surface area (Å²) in [5.41, 5.74) is 2.32. The van der Waals surface area contributed by atoms with Gasteiger partial charge < -0.3 is 10.4 Å². The van der Waals surface area contributed by atoms with Crippen molar-refractivity contribution < 1.29 is 19.1 Å². The first-order valence-corrected chi connectivity index (χ1v) is 9.15. The van der Waals surface area contributed by atoms with Gasteiger partial charge in [-0.15, -0.1) is 11.8 Å². The van der Waals surface area contributed by atoms with E-state index in [1.54, 1.807) is 35.2 Å². The van der Waals surface area contributed by atoms with Crippen LogP contribution in [0.2, 0.25) is 0 Å². The maximum absolute atomic E-state index is 13.7. The number of amides is 1. The molecule has 0 radical (unpaired) electrons. The monoisotopic (exact) mass is 383 g/mol. The Hall–Kier alpha value is -3.13. The summed E-state index contributed by atoms with van der Waals surface area (Å²) < 4.78 is 15.5. The number of rotatable bonds is 3. The molecule has 0 unspecified atom stereocenters. The van der Waals surface area contributed by atoms with Gasteiger partial charge in [0.25, 0.3) is 0 Å². The lowest BCUT2D eigenvalue weighted by Gasteiger charge is -2.18. The number of hydrogen-bond donors (Lipinski definition) is 2. The zero-order chi connectivity index (χ0) is 19.0. The first-order chi connectivity index (χ1) is 13.0. The van der Waals surface area contributed by atoms with Gasteiger partial charge in [-0.3, -0.25) is 9.36 Å². The molecule has 1 atom stereocenters. The van der Waals surface area contributed by atoms with Gasteiger partial charge in [-0.25, -0.2) is 14.2 Å². The van der Waals surface area contributed by atoms with Crippen LogP contribution in [0, 0.1) is 5.82 Å². The van der Waals surface area contributed by atoms with Crippen LogP contribution >= 0.6 is 11.8 Å². The number of hydrogen-bond acceptors (Lipinski definition) is 4. The Balaban J connectivity index is 1.84. The van der Waals surface area contributed by atoms with Crippen molar-refractivity contribution in [3.05, 3.63) is 77.5 Å². The first kappa shape index (κ1) is 17.3. The molecule has 1 aromatic heterocycles. The number of halogens is 1. The molecule has 8 heteroatoms. The standard InChI is InChI=1S/C19H14FN3O3S/c20-13-2-1-3-14(8-13)23-10-21-18-16(23)17(27-9-15(24)22-18)11-4-6-12(7-5-11)19(25)26/h1-8,10,17H,9H2,(H,22,24)(H,25,26)/t17-/m1/s1. The number of anilines is 1. The van der Waals surface area contributed by atoms with E-state index in [1.807, 2.05) is 0 Å². The summed E-state index contributed by atoms with van der Waals surface area (Å²) in [6.45, 7) is 0. The van der Waals surface area contributed by atoms with Crippen LogP contribution < -0.4 is 5.32 Å². The molecule has 1 aliphatic heterocycles. The molecule has 4 rings (SSSR count). The summed E-state index contributed by atoms with van der Waals surface area (Å²) in [6, 6.07) is 12.6. The van der Waals surface area contributed by atoms with Crippen molar-refractivity contribution in [1.82, 2.24) is 9.55 Å². The second-order valence-corrected chi connectivity index (χ2v) is 7.09. The van der Waals surface area contributed by atoms with Crippen LogP contribution in [0.15, 0.2) is 54.9 Å². The summed E-state index contributed by atoms with van der Waals surface area (Å²) >= 11 is 1.41. The first-order valence-electron chi connectivity index (χ1n) is 8.11. The van der Waals surface area contributed by atoms with E-state index in [-0.39, 0.29) is 28.3 Å². The molecule has 0 saturated carbocycles. The largest absolute Gasteiger partial charge is 0.478 e. The third kappa shape index (κ3) is 3.31. The summed E-state index contributed by atoms with van der Waals surface area (Å²) in [5, 5.41) is 11.6. The van der Waals surface area contributed by atoms with Gasteiger partial charge in [-0.1, -0.05) is 18.2 Å². The van der Waals surface area contributed by atoms with Gasteiger partial charge >= 0.3 is 5.97 Å². The number of aromatic carboxylic acids is 1. The lowest BCUT2D eigenvalue weighted by Crippen LogP contribution is -2.12. The highest BCUT2D eigenvalue weighted by molar-refractivity contribution is 8.00. The molecule has 0 bridgehead atoms. The fraction of sp³-hybridized carbons (Fsp3) is 0.105. The van der Waals surface area contributed by atoms with E-state index in [0.717, 1.165) is 5.56 Å². The molecule has 2 aromatic carbocycles. The van der Waals surface area contributed by atoms with Crippen molar-refractivity contribution in [3.63, 3.8) is 0 Å². The third-order valence-corrected chi connectivity index (χ3v) is 5.50. The number of thioether (sulfide) groups is 1. The van der Waals surface area contributed by atoms with Gasteiger partial charge in [0.2, 0.25) is 5.91 Å². The molecular weight excluding hydrogens is 369 g/mol. The number of carbonyl (C=O) groups excluding carboxylic acids is 1. The van der Waals surface area contributed by atoms with Crippen LogP contribution in [0.1, 0.15) is 26.9 Å². The zero-order valence-corrected chi connectivity index (χ0v) is 14.7. The van der Waals surface area contributed by atoms with Crippen molar-refractivity contribution in [3.8, 4) is 5.69 Å². The Labute approximate surface area is 158 Å². The quantitative estimate of drug-likeness (QED) is 0.723. The SMILES string of the molecule is O=C1CS[C@H](c2ccc(C(=O)O)cc2)c2c(ncn2-c2cccc(F)c2)N1. The van der Waals surface area contributed by atoms with Crippen LogP contribution in [0.5, 0.6) is 0 Å². The molecule has 2 heterocycles. The summed E-state index contributed by atoms with van der Waals surface area (Å²) in [7, 11) is 0. The number of fused-ring (bicyclic) bond motifs is 1. The highest BCUT2D eigenvalue weighted by Gasteiger charge is 2.29. The van der Waals surface area contributed by atoms with E-state index in [2.05, 4.69) is 10.3 Å². The molecule has 3 aromatic rings. The van der Waals surface area contributed by atoms with E-state index in [0.29, 0.717) is 17.2 Å². The number of carboxylic acid groups (broad SMARTS) is 1. The average molecular weight is 383 g/mol. The zero-order valence-electron chi connectivity index (χ0n) is 13.9. The van der Waals surface area contributed by atoms with Gasteiger partial charge in [0.15, 0.2) is 5.82 Å². The molecule has 1 amide bonds. The molecule has 27 heavy (non-hydrogen) atoms. The van der Waals surface area contributed by atoms with Crippen molar-refractivity contribution in [2.45, 2.75) is 5.25 Å². The maximum atomic E-state index is 13.7. The van der Waals surface area contributed by atoms with Gasteiger partial charge in [0.05, 0.1) is 22.3 Å². The summed E-state index contributed by atoms with van der Waals surface area (Å²) in [5.74, 6) is -0.901. The van der Waals surface area contributed by atoms with Crippen LogP contribution in [0.25, 0.3) is 5.69 Å². The van der Waals surface area contributed by atoms with Crippen LogP contribution in [0.4, 0.5) is 10.2 Å². The van der Waals surface area contributed by atoms with Crippen molar-refractivity contribution in [2.24, 2.45) is 0 Å². The minimum Gasteiger partial charge on any atom is -0.478 e. The lowest BCUT2D eigenvalue weighted by molar-refractivity contribution is -0.113. The minimum atomic E-state index is -1.00. The van der Waals surface area contributed by atoms with Crippen molar-refractivity contribution >= 4 is 29.5 Å². The number of carboxylic acids is 1. The highest BCUT2D eigenvalue weighted by Crippen LogP contribution is 2.42. The average Bonchev–Trinajstić information content (AvgIpc) is 2.98. The topological polar surface area (TPSA) is 84.2 Å². The molecule has 0 fully saturated rings. The van der Waals surface area contributed by atoms with E-state index in [1.165, 1.54) is 36.0 Å². The van der Waals surface area contributed by atoms with Crippen LogP contribution in [0.3, 0.4) is 0 Å². The molecule has 0 spiro atoms. The summed E-state index contributed by atoms with van der Waals surface area (Å²) in [4.78, 5) is 27.4. The molecular formula is C19H14FN3O3S. The Kier molecular flexibility index (Phi) is 4.41. The lowest BCUT2D eigenvalue weighted by atomic mass is 10.1. The maximum Gasteiger partial charge on any atom is 0.335 e. The number of carbonyl (C=O) groups is 2. The molecule has 2 N–H and O–H groups in total. The smallest absolute Gasteiger partial charge is 0.335 e. The second kappa shape index (κ2) is 6.88. The fourth-order valence-corrected chi connectivity index (χ4v) is 4.12. The number of benzene rings is 2. The molecule has 6 nitrogen and oxygen atoms in total. The molecule has 1 aliphatic rings. The van der Waals surface area contributed by atoms with Crippen LogP contribution in [-0.4, -0.2) is 32.3 Å². The van der Waals surface area contributed by atoms with Crippen molar-refractivity contribution in [2.75, 3.05) is 11.1 Å². The summed E-state index contributed by atoms with van der Waals surface area (Å²) in [6.07, 6.45) is 1.55. The number of nitrogens with zero attached hydrogens (tertiary/aromatic N) is 2. The molecule has 0 aliphatic carbocycles. The highest BCUT2D eigenvalue weighted by atomic mass is 32.2.